The van der Waals surface area contributed by atoms with E-state index in [1.54, 1.807) is 18.3 Å². The molecule has 124 valence electrons. The van der Waals surface area contributed by atoms with Gasteiger partial charge in [0.15, 0.2) is 0 Å². The lowest BCUT2D eigenvalue weighted by Gasteiger charge is -2.30. The summed E-state index contributed by atoms with van der Waals surface area (Å²) in [6, 6.07) is 1.90. The second-order valence-electron chi connectivity index (χ2n) is 6.40. The second-order valence-corrected chi connectivity index (χ2v) is 7.18. The van der Waals surface area contributed by atoms with Crippen LogP contribution in [-0.4, -0.2) is 30.8 Å². The monoisotopic (exact) mass is 325 g/mol. The first-order chi connectivity index (χ1) is 10.5. The van der Waals surface area contributed by atoms with Crippen LogP contribution in [0, 0.1) is 5.41 Å². The molecule has 0 aromatic carbocycles. The van der Waals surface area contributed by atoms with E-state index < -0.39 is 5.60 Å². The largest absolute Gasteiger partial charge is 0.384 e. The fraction of sp³-hybridized carbons (Fsp3) is 0.706. The smallest absolute Gasteiger partial charge is 0.226 e. The molecule has 0 saturated heterocycles. The van der Waals surface area contributed by atoms with Crippen LogP contribution in [-0.2, 0) is 15.1 Å². The molecule has 1 aliphatic rings. The van der Waals surface area contributed by atoms with Crippen LogP contribution in [0.25, 0.3) is 0 Å². The normalized spacial score (nSPS) is 19.8. The third-order valence-corrected chi connectivity index (χ3v) is 5.39. The molecule has 1 atom stereocenters. The van der Waals surface area contributed by atoms with Gasteiger partial charge in [-0.1, -0.05) is 12.8 Å². The molecule has 1 amide bonds. The van der Waals surface area contributed by atoms with E-state index in [0.29, 0.717) is 13.2 Å². The molecule has 4 nitrogen and oxygen atoms in total. The predicted molar refractivity (Wildman–Crippen MR) is 88.9 cm³/mol. The summed E-state index contributed by atoms with van der Waals surface area (Å²) in [5.41, 5.74) is -0.470. The van der Waals surface area contributed by atoms with Gasteiger partial charge in [-0.2, -0.15) is 11.3 Å². The summed E-state index contributed by atoms with van der Waals surface area (Å²) < 4.78 is 5.45. The summed E-state index contributed by atoms with van der Waals surface area (Å²) in [4.78, 5) is 12.7. The first-order valence-corrected chi connectivity index (χ1v) is 9.05. The van der Waals surface area contributed by atoms with Crippen molar-refractivity contribution in [2.45, 2.75) is 51.6 Å². The minimum atomic E-state index is -1.02. The molecule has 2 rings (SSSR count). The molecule has 0 aliphatic heterocycles. The zero-order valence-electron chi connectivity index (χ0n) is 13.6. The Morgan fingerprint density at radius 2 is 2.23 bits per heavy atom. The van der Waals surface area contributed by atoms with Crippen LogP contribution in [0.15, 0.2) is 16.8 Å². The fourth-order valence-corrected chi connectivity index (χ4v) is 3.95. The Hall–Kier alpha value is -0.910. The summed E-state index contributed by atoms with van der Waals surface area (Å²) in [5, 5.41) is 17.4. The molecular weight excluding hydrogens is 298 g/mol. The number of thiophene rings is 1. The van der Waals surface area contributed by atoms with Crippen LogP contribution in [0.1, 0.15) is 51.5 Å². The summed E-state index contributed by atoms with van der Waals surface area (Å²) in [5.74, 6) is 0.0696. The van der Waals surface area contributed by atoms with Crippen molar-refractivity contribution < 1.29 is 14.6 Å². The zero-order valence-corrected chi connectivity index (χ0v) is 14.4. The van der Waals surface area contributed by atoms with Gasteiger partial charge in [0.25, 0.3) is 0 Å². The first-order valence-electron chi connectivity index (χ1n) is 8.11. The van der Waals surface area contributed by atoms with Gasteiger partial charge in [0.1, 0.15) is 5.60 Å². The average Bonchev–Trinajstić information content (AvgIpc) is 3.17. The van der Waals surface area contributed by atoms with Gasteiger partial charge in [0.05, 0.1) is 12.0 Å². The van der Waals surface area contributed by atoms with Gasteiger partial charge in [-0.25, -0.2) is 0 Å². The Kier molecular flexibility index (Phi) is 6.01. The molecular formula is C17H27NO3S. The van der Waals surface area contributed by atoms with Crippen LogP contribution >= 0.6 is 11.3 Å². The van der Waals surface area contributed by atoms with Crippen molar-refractivity contribution in [1.82, 2.24) is 5.32 Å². The van der Waals surface area contributed by atoms with E-state index in [4.69, 9.17) is 4.74 Å². The van der Waals surface area contributed by atoms with Crippen molar-refractivity contribution in [1.29, 1.82) is 0 Å². The number of carbonyl (C=O) groups is 1. The quantitative estimate of drug-likeness (QED) is 0.722. The van der Waals surface area contributed by atoms with Crippen molar-refractivity contribution in [3.05, 3.63) is 22.4 Å². The number of hydrogen-bond acceptors (Lipinski definition) is 4. The van der Waals surface area contributed by atoms with Gasteiger partial charge in [-0.15, -0.1) is 0 Å². The lowest BCUT2D eigenvalue weighted by atomic mass is 9.81. The van der Waals surface area contributed by atoms with Crippen molar-refractivity contribution in [2.75, 3.05) is 19.8 Å². The Bertz CT molecular complexity index is 464. The van der Waals surface area contributed by atoms with Crippen LogP contribution < -0.4 is 5.32 Å². The topological polar surface area (TPSA) is 58.6 Å². The molecule has 0 bridgehead atoms. The molecule has 1 aromatic rings. The highest BCUT2D eigenvalue weighted by molar-refractivity contribution is 7.08. The van der Waals surface area contributed by atoms with E-state index in [-0.39, 0.29) is 17.9 Å². The number of aliphatic hydroxyl groups is 1. The minimum absolute atomic E-state index is 0.0696. The Morgan fingerprint density at radius 1 is 1.50 bits per heavy atom. The molecule has 0 spiro atoms. The number of amides is 1. The van der Waals surface area contributed by atoms with Gasteiger partial charge in [-0.05, 0) is 55.5 Å². The molecule has 1 saturated carbocycles. The molecule has 1 heterocycles. The maximum absolute atomic E-state index is 12.7. The van der Waals surface area contributed by atoms with Crippen molar-refractivity contribution in [2.24, 2.45) is 5.41 Å². The van der Waals surface area contributed by atoms with Crippen LogP contribution in [0.2, 0.25) is 0 Å². The van der Waals surface area contributed by atoms with Crippen molar-refractivity contribution in [3.8, 4) is 0 Å². The van der Waals surface area contributed by atoms with Gasteiger partial charge >= 0.3 is 0 Å². The van der Waals surface area contributed by atoms with E-state index in [2.05, 4.69) is 5.32 Å². The highest BCUT2D eigenvalue weighted by Gasteiger charge is 2.41. The van der Waals surface area contributed by atoms with Gasteiger partial charge in [-0.3, -0.25) is 4.79 Å². The van der Waals surface area contributed by atoms with E-state index in [9.17, 15) is 9.90 Å². The van der Waals surface area contributed by atoms with Crippen LogP contribution in [0.3, 0.4) is 0 Å². The molecule has 1 unspecified atom stereocenters. The minimum Gasteiger partial charge on any atom is -0.384 e. The Morgan fingerprint density at radius 3 is 2.82 bits per heavy atom. The summed E-state index contributed by atoms with van der Waals surface area (Å²) in [6.45, 7) is 5.28. The third-order valence-electron chi connectivity index (χ3n) is 4.71. The molecule has 1 aliphatic carbocycles. The molecule has 2 N–H and O–H groups in total. The number of ether oxygens (including phenoxy) is 1. The number of nitrogens with one attached hydrogen (secondary N) is 1. The summed E-state index contributed by atoms with van der Waals surface area (Å²) in [6.07, 6.45) is 4.81. The molecule has 1 aromatic heterocycles. The highest BCUT2D eigenvalue weighted by Crippen LogP contribution is 2.41. The third kappa shape index (κ3) is 4.09. The van der Waals surface area contributed by atoms with Crippen molar-refractivity contribution in [3.63, 3.8) is 0 Å². The van der Waals surface area contributed by atoms with Crippen LogP contribution in [0.4, 0.5) is 0 Å². The molecule has 0 radical (unpaired) electrons. The fourth-order valence-electron chi connectivity index (χ4n) is 3.17. The Balaban J connectivity index is 1.94. The lowest BCUT2D eigenvalue weighted by molar-refractivity contribution is -0.133. The molecule has 1 fully saturated rings. The lowest BCUT2D eigenvalue weighted by Crippen LogP contribution is -2.45. The van der Waals surface area contributed by atoms with E-state index in [1.165, 1.54) is 0 Å². The number of rotatable bonds is 8. The molecule has 22 heavy (non-hydrogen) atoms. The summed E-state index contributed by atoms with van der Waals surface area (Å²) in [7, 11) is 0. The van der Waals surface area contributed by atoms with Gasteiger partial charge in [0, 0.05) is 13.2 Å². The Labute approximate surface area is 136 Å². The standard InChI is InChI=1S/C17H27NO3S/c1-3-21-10-9-17(7-4-5-8-17)15(19)18-13-16(2,20)14-6-11-22-12-14/h6,11-12,20H,3-5,7-10,13H2,1-2H3,(H,18,19). The summed E-state index contributed by atoms with van der Waals surface area (Å²) >= 11 is 1.55. The van der Waals surface area contributed by atoms with Gasteiger partial charge in [0.2, 0.25) is 5.91 Å². The van der Waals surface area contributed by atoms with E-state index >= 15 is 0 Å². The number of carbonyl (C=O) groups excluding carboxylic acids is 1. The zero-order chi connectivity index (χ0) is 16.1. The molecule has 5 heteroatoms. The average molecular weight is 325 g/mol. The first kappa shape index (κ1) is 17.4. The predicted octanol–water partition coefficient (Wildman–Crippen LogP) is 3.06. The SMILES string of the molecule is CCOCCC1(C(=O)NCC(C)(O)c2ccsc2)CCCC1. The van der Waals surface area contributed by atoms with E-state index in [0.717, 1.165) is 37.7 Å². The van der Waals surface area contributed by atoms with Gasteiger partial charge < -0.3 is 15.2 Å². The number of hydrogen-bond donors (Lipinski definition) is 2. The maximum Gasteiger partial charge on any atom is 0.226 e. The van der Waals surface area contributed by atoms with E-state index in [1.807, 2.05) is 23.8 Å². The highest BCUT2D eigenvalue weighted by atomic mass is 32.1. The second kappa shape index (κ2) is 7.57. The maximum atomic E-state index is 12.7. The van der Waals surface area contributed by atoms with Crippen molar-refractivity contribution >= 4 is 17.2 Å². The van der Waals surface area contributed by atoms with Crippen LogP contribution in [0.5, 0.6) is 0 Å².